The van der Waals surface area contributed by atoms with Crippen molar-refractivity contribution in [3.8, 4) is 6.07 Å². The number of aryl methyl sites for hydroxylation is 1. The maximum atomic E-state index is 9.41. The van der Waals surface area contributed by atoms with E-state index in [0.29, 0.717) is 11.4 Å². The second kappa shape index (κ2) is 5.26. The summed E-state index contributed by atoms with van der Waals surface area (Å²) in [6.07, 6.45) is 0. The van der Waals surface area contributed by atoms with E-state index >= 15 is 0 Å². The summed E-state index contributed by atoms with van der Waals surface area (Å²) in [5, 5.41) is 10.4. The first-order chi connectivity index (χ1) is 10.2. The molecule has 0 N–H and O–H groups in total. The third-order valence-corrected chi connectivity index (χ3v) is 3.53. The van der Waals surface area contributed by atoms with E-state index in [2.05, 4.69) is 30.1 Å². The fourth-order valence-electron chi connectivity index (χ4n) is 2.40. The van der Waals surface area contributed by atoms with Gasteiger partial charge in [-0.2, -0.15) is 5.26 Å². The van der Waals surface area contributed by atoms with Gasteiger partial charge in [-0.15, -0.1) is 0 Å². The molecule has 0 unspecified atom stereocenters. The second-order valence-electron chi connectivity index (χ2n) is 5.06. The lowest BCUT2D eigenvalue weighted by Crippen LogP contribution is -2.13. The third-order valence-electron chi connectivity index (χ3n) is 3.53. The van der Waals surface area contributed by atoms with E-state index < -0.39 is 0 Å². The highest BCUT2D eigenvalue weighted by atomic mass is 15.2. The number of rotatable bonds is 2. The summed E-state index contributed by atoms with van der Waals surface area (Å²) in [5.41, 5.74) is 3.68. The zero-order valence-electron chi connectivity index (χ0n) is 12.0. The predicted molar refractivity (Wildman–Crippen MR) is 85.7 cm³/mol. The molecule has 2 aromatic carbocycles. The first kappa shape index (κ1) is 13.1. The van der Waals surface area contributed by atoms with Gasteiger partial charge in [0.05, 0.1) is 11.1 Å². The lowest BCUT2D eigenvalue weighted by Gasteiger charge is -2.20. The SMILES string of the molecule is Cc1cccc(N(C)c2nc3ccccc3cc2C#N)c1. The normalized spacial score (nSPS) is 10.3. The standard InChI is InChI=1S/C18H15N3/c1-13-6-5-8-16(10-13)21(2)18-15(12-19)11-14-7-3-4-9-17(14)20-18/h3-11H,1-2H3. The minimum atomic E-state index is 0.581. The molecule has 0 fully saturated rings. The zero-order chi connectivity index (χ0) is 14.8. The Morgan fingerprint density at radius 1 is 1.05 bits per heavy atom. The van der Waals surface area contributed by atoms with Crippen LogP contribution in [0.5, 0.6) is 0 Å². The minimum absolute atomic E-state index is 0.581. The average Bonchev–Trinajstić information content (AvgIpc) is 2.53. The van der Waals surface area contributed by atoms with Crippen LogP contribution >= 0.6 is 0 Å². The Balaban J connectivity index is 2.17. The van der Waals surface area contributed by atoms with E-state index in [-0.39, 0.29) is 0 Å². The highest BCUT2D eigenvalue weighted by Gasteiger charge is 2.12. The topological polar surface area (TPSA) is 39.9 Å². The smallest absolute Gasteiger partial charge is 0.151 e. The highest BCUT2D eigenvalue weighted by molar-refractivity contribution is 5.84. The predicted octanol–water partition coefficient (Wildman–Crippen LogP) is 4.18. The molecular formula is C18H15N3. The van der Waals surface area contributed by atoms with Crippen molar-refractivity contribution in [1.82, 2.24) is 4.98 Å². The van der Waals surface area contributed by atoms with Crippen LogP contribution < -0.4 is 4.90 Å². The molecule has 0 saturated carbocycles. The summed E-state index contributed by atoms with van der Waals surface area (Å²) in [4.78, 5) is 6.61. The van der Waals surface area contributed by atoms with Crippen LogP contribution in [0.2, 0.25) is 0 Å². The number of nitriles is 1. The lowest BCUT2D eigenvalue weighted by atomic mass is 10.1. The van der Waals surface area contributed by atoms with Gasteiger partial charge < -0.3 is 4.90 Å². The number of benzene rings is 2. The number of nitrogens with zero attached hydrogens (tertiary/aromatic N) is 3. The van der Waals surface area contributed by atoms with Crippen molar-refractivity contribution in [2.45, 2.75) is 6.92 Å². The largest absolute Gasteiger partial charge is 0.328 e. The fourth-order valence-corrected chi connectivity index (χ4v) is 2.40. The molecule has 1 aromatic heterocycles. The molecule has 3 nitrogen and oxygen atoms in total. The van der Waals surface area contributed by atoms with Gasteiger partial charge in [0.1, 0.15) is 6.07 Å². The van der Waals surface area contributed by atoms with Crippen LogP contribution in [0, 0.1) is 18.3 Å². The molecule has 1 heterocycles. The minimum Gasteiger partial charge on any atom is -0.328 e. The molecule has 21 heavy (non-hydrogen) atoms. The number of hydrogen-bond acceptors (Lipinski definition) is 3. The molecule has 0 radical (unpaired) electrons. The molecule has 0 atom stereocenters. The molecule has 3 rings (SSSR count). The molecule has 3 heteroatoms. The summed E-state index contributed by atoms with van der Waals surface area (Å²) in [7, 11) is 1.94. The number of anilines is 2. The van der Waals surface area contributed by atoms with E-state index in [1.165, 1.54) is 5.56 Å². The average molecular weight is 273 g/mol. The molecule has 0 saturated heterocycles. The molecule has 0 aliphatic rings. The van der Waals surface area contributed by atoms with Gasteiger partial charge in [-0.3, -0.25) is 0 Å². The maximum absolute atomic E-state index is 9.41. The molecule has 0 aliphatic heterocycles. The van der Waals surface area contributed by atoms with Crippen LogP contribution in [-0.4, -0.2) is 12.0 Å². The summed E-state index contributed by atoms with van der Waals surface area (Å²) in [5.74, 6) is 0.682. The van der Waals surface area contributed by atoms with Gasteiger partial charge in [-0.05, 0) is 36.8 Å². The van der Waals surface area contributed by atoms with Crippen LogP contribution in [0.4, 0.5) is 11.5 Å². The van der Waals surface area contributed by atoms with Crippen LogP contribution in [-0.2, 0) is 0 Å². The summed E-state index contributed by atoms with van der Waals surface area (Å²) in [6.45, 7) is 2.05. The Bertz CT molecular complexity index is 846. The number of aromatic nitrogens is 1. The van der Waals surface area contributed by atoms with Gasteiger partial charge in [0.25, 0.3) is 0 Å². The van der Waals surface area contributed by atoms with Crippen LogP contribution in [0.3, 0.4) is 0 Å². The summed E-state index contributed by atoms with van der Waals surface area (Å²) in [6, 6.07) is 20.1. The van der Waals surface area contributed by atoms with Crippen LogP contribution in [0.15, 0.2) is 54.6 Å². The van der Waals surface area contributed by atoms with Crippen molar-refractivity contribution in [2.24, 2.45) is 0 Å². The monoisotopic (exact) mass is 273 g/mol. The second-order valence-corrected chi connectivity index (χ2v) is 5.06. The van der Waals surface area contributed by atoms with Crippen molar-refractivity contribution >= 4 is 22.4 Å². The Morgan fingerprint density at radius 3 is 2.62 bits per heavy atom. The van der Waals surface area contributed by atoms with Crippen molar-refractivity contribution in [3.05, 3.63) is 65.7 Å². The molecule has 3 aromatic rings. The van der Waals surface area contributed by atoms with E-state index in [9.17, 15) is 5.26 Å². The van der Waals surface area contributed by atoms with E-state index in [0.717, 1.165) is 16.6 Å². The van der Waals surface area contributed by atoms with Crippen molar-refractivity contribution in [2.75, 3.05) is 11.9 Å². The quantitative estimate of drug-likeness (QED) is 0.703. The van der Waals surface area contributed by atoms with Gasteiger partial charge >= 0.3 is 0 Å². The number of hydrogen-bond donors (Lipinski definition) is 0. The molecule has 0 amide bonds. The Labute approximate surface area is 124 Å². The highest BCUT2D eigenvalue weighted by Crippen LogP contribution is 2.28. The van der Waals surface area contributed by atoms with Crippen molar-refractivity contribution in [3.63, 3.8) is 0 Å². The Morgan fingerprint density at radius 2 is 1.86 bits per heavy atom. The molecular weight excluding hydrogens is 258 g/mol. The van der Waals surface area contributed by atoms with Gasteiger partial charge in [0.2, 0.25) is 0 Å². The molecule has 0 aliphatic carbocycles. The third kappa shape index (κ3) is 2.44. The fraction of sp³-hybridized carbons (Fsp3) is 0.111. The van der Waals surface area contributed by atoms with Crippen LogP contribution in [0.25, 0.3) is 10.9 Å². The maximum Gasteiger partial charge on any atom is 0.151 e. The van der Waals surface area contributed by atoms with E-state index in [1.807, 2.05) is 54.4 Å². The first-order valence-electron chi connectivity index (χ1n) is 6.79. The molecule has 0 bridgehead atoms. The van der Waals surface area contributed by atoms with Gasteiger partial charge in [-0.25, -0.2) is 4.98 Å². The zero-order valence-corrected chi connectivity index (χ0v) is 12.0. The van der Waals surface area contributed by atoms with Gasteiger partial charge in [-0.1, -0.05) is 30.3 Å². The van der Waals surface area contributed by atoms with Crippen molar-refractivity contribution in [1.29, 1.82) is 5.26 Å². The number of pyridine rings is 1. The Hall–Kier alpha value is -2.86. The van der Waals surface area contributed by atoms with Gasteiger partial charge in [0, 0.05) is 18.1 Å². The van der Waals surface area contributed by atoms with Crippen LogP contribution in [0.1, 0.15) is 11.1 Å². The lowest BCUT2D eigenvalue weighted by molar-refractivity contribution is 1.13. The summed E-state index contributed by atoms with van der Waals surface area (Å²) < 4.78 is 0. The molecule has 102 valence electrons. The first-order valence-corrected chi connectivity index (χ1v) is 6.79. The number of para-hydroxylation sites is 1. The number of fused-ring (bicyclic) bond motifs is 1. The van der Waals surface area contributed by atoms with E-state index in [4.69, 9.17) is 0 Å². The van der Waals surface area contributed by atoms with E-state index in [1.54, 1.807) is 0 Å². The van der Waals surface area contributed by atoms with Crippen molar-refractivity contribution < 1.29 is 0 Å². The molecule has 0 spiro atoms. The Kier molecular flexibility index (Phi) is 3.29. The van der Waals surface area contributed by atoms with Gasteiger partial charge in [0.15, 0.2) is 5.82 Å². The summed E-state index contributed by atoms with van der Waals surface area (Å²) >= 11 is 0.